The summed E-state index contributed by atoms with van der Waals surface area (Å²) < 4.78 is 0. The second kappa shape index (κ2) is 8.26. The van der Waals surface area contributed by atoms with Gasteiger partial charge in [-0.15, -0.1) is 0 Å². The Bertz CT molecular complexity index is 530. The molecule has 6 heteroatoms. The van der Waals surface area contributed by atoms with Crippen molar-refractivity contribution in [1.29, 1.82) is 0 Å². The quantitative estimate of drug-likeness (QED) is 0.554. The Balaban J connectivity index is 1.74. The molecule has 1 aromatic carbocycles. The third-order valence-electron chi connectivity index (χ3n) is 3.03. The fourth-order valence-electron chi connectivity index (χ4n) is 1.90. The minimum atomic E-state index is 0.676. The molecule has 0 saturated heterocycles. The summed E-state index contributed by atoms with van der Waals surface area (Å²) in [4.78, 5) is 3.84. The standard InChI is InChI=1S/C15H22N6/c1-20(2)12-4-3-9-16-19-15-7-5-14(6-8-15)13-21-17-10-11-18-21/h5-8,10-11H,3-4,9,12-13H2,1-2H3. The van der Waals surface area contributed by atoms with E-state index in [2.05, 4.69) is 39.4 Å². The van der Waals surface area contributed by atoms with Crippen LogP contribution in [0.1, 0.15) is 18.4 Å². The molecule has 0 bridgehead atoms. The predicted molar refractivity (Wildman–Crippen MR) is 82.7 cm³/mol. The smallest absolute Gasteiger partial charge is 0.0857 e. The summed E-state index contributed by atoms with van der Waals surface area (Å²) in [5.74, 6) is 0. The van der Waals surface area contributed by atoms with Gasteiger partial charge in [-0.25, -0.2) is 0 Å². The summed E-state index contributed by atoms with van der Waals surface area (Å²) in [6.07, 6.45) is 5.59. The van der Waals surface area contributed by atoms with Crippen LogP contribution < -0.4 is 0 Å². The van der Waals surface area contributed by atoms with E-state index >= 15 is 0 Å². The van der Waals surface area contributed by atoms with Gasteiger partial charge in [-0.1, -0.05) is 12.1 Å². The summed E-state index contributed by atoms with van der Waals surface area (Å²) in [6, 6.07) is 8.01. The van der Waals surface area contributed by atoms with Gasteiger partial charge in [0.15, 0.2) is 0 Å². The molecular formula is C15H22N6. The number of hydrogen-bond acceptors (Lipinski definition) is 5. The minimum absolute atomic E-state index is 0.676. The Kier molecular flexibility index (Phi) is 6.02. The number of nitrogens with zero attached hydrogens (tertiary/aromatic N) is 6. The van der Waals surface area contributed by atoms with E-state index in [4.69, 9.17) is 0 Å². The van der Waals surface area contributed by atoms with Crippen LogP contribution in [0.5, 0.6) is 0 Å². The average molecular weight is 286 g/mol. The molecule has 0 radical (unpaired) electrons. The zero-order valence-corrected chi connectivity index (χ0v) is 12.7. The van der Waals surface area contributed by atoms with Crippen molar-refractivity contribution in [3.8, 4) is 0 Å². The van der Waals surface area contributed by atoms with E-state index in [1.165, 1.54) is 0 Å². The van der Waals surface area contributed by atoms with E-state index in [0.717, 1.165) is 37.2 Å². The summed E-state index contributed by atoms with van der Waals surface area (Å²) in [5, 5.41) is 16.6. The SMILES string of the molecule is CN(C)CCCCN=Nc1ccc(Cn2nccn2)cc1. The molecule has 112 valence electrons. The first kappa shape index (κ1) is 15.3. The van der Waals surface area contributed by atoms with Crippen molar-refractivity contribution in [2.45, 2.75) is 19.4 Å². The Morgan fingerprint density at radius 1 is 1.05 bits per heavy atom. The first-order chi connectivity index (χ1) is 10.2. The maximum absolute atomic E-state index is 4.23. The van der Waals surface area contributed by atoms with Gasteiger partial charge in [0, 0.05) is 0 Å². The van der Waals surface area contributed by atoms with Gasteiger partial charge in [-0.3, -0.25) is 0 Å². The lowest BCUT2D eigenvalue weighted by atomic mass is 10.2. The van der Waals surface area contributed by atoms with Crippen LogP contribution in [-0.2, 0) is 6.54 Å². The molecule has 1 heterocycles. The Hall–Kier alpha value is -2.08. The second-order valence-electron chi connectivity index (χ2n) is 5.20. The van der Waals surface area contributed by atoms with E-state index < -0.39 is 0 Å². The molecule has 0 aliphatic carbocycles. The molecule has 0 saturated carbocycles. The molecule has 0 aliphatic heterocycles. The fourth-order valence-corrected chi connectivity index (χ4v) is 1.90. The molecule has 6 nitrogen and oxygen atoms in total. The Labute approximate surface area is 125 Å². The van der Waals surface area contributed by atoms with Gasteiger partial charge in [-0.05, 0) is 51.2 Å². The van der Waals surface area contributed by atoms with Crippen LogP contribution in [0.4, 0.5) is 5.69 Å². The normalized spacial score (nSPS) is 11.6. The Morgan fingerprint density at radius 2 is 1.76 bits per heavy atom. The van der Waals surface area contributed by atoms with Gasteiger partial charge in [-0.2, -0.15) is 25.2 Å². The van der Waals surface area contributed by atoms with E-state index in [9.17, 15) is 0 Å². The van der Waals surface area contributed by atoms with Crippen molar-refractivity contribution in [3.63, 3.8) is 0 Å². The lowest BCUT2D eigenvalue weighted by molar-refractivity contribution is 0.395. The van der Waals surface area contributed by atoms with Crippen molar-refractivity contribution in [3.05, 3.63) is 42.2 Å². The first-order valence-corrected chi connectivity index (χ1v) is 7.19. The second-order valence-corrected chi connectivity index (χ2v) is 5.20. The molecule has 2 aromatic rings. The monoisotopic (exact) mass is 286 g/mol. The highest BCUT2D eigenvalue weighted by Crippen LogP contribution is 2.14. The van der Waals surface area contributed by atoms with Crippen molar-refractivity contribution in [2.75, 3.05) is 27.2 Å². The predicted octanol–water partition coefficient (Wildman–Crippen LogP) is 2.75. The van der Waals surface area contributed by atoms with E-state index in [-0.39, 0.29) is 0 Å². The summed E-state index contributed by atoms with van der Waals surface area (Å²) in [7, 11) is 4.17. The van der Waals surface area contributed by atoms with Crippen molar-refractivity contribution >= 4 is 5.69 Å². The van der Waals surface area contributed by atoms with Crippen LogP contribution >= 0.6 is 0 Å². The number of rotatable bonds is 8. The van der Waals surface area contributed by atoms with Crippen molar-refractivity contribution in [2.24, 2.45) is 10.2 Å². The van der Waals surface area contributed by atoms with Gasteiger partial charge in [0.1, 0.15) is 0 Å². The lowest BCUT2D eigenvalue weighted by Gasteiger charge is -2.07. The van der Waals surface area contributed by atoms with Crippen LogP contribution in [0.2, 0.25) is 0 Å². The molecule has 0 amide bonds. The average Bonchev–Trinajstić information content (AvgIpc) is 2.97. The maximum atomic E-state index is 4.23. The largest absolute Gasteiger partial charge is 0.309 e. The minimum Gasteiger partial charge on any atom is -0.309 e. The van der Waals surface area contributed by atoms with E-state index in [1.54, 1.807) is 17.2 Å². The van der Waals surface area contributed by atoms with E-state index in [1.807, 2.05) is 24.3 Å². The maximum Gasteiger partial charge on any atom is 0.0857 e. The molecule has 0 unspecified atom stereocenters. The highest BCUT2D eigenvalue weighted by Gasteiger charge is 1.97. The van der Waals surface area contributed by atoms with E-state index in [0.29, 0.717) is 6.54 Å². The zero-order valence-electron chi connectivity index (χ0n) is 12.7. The van der Waals surface area contributed by atoms with Gasteiger partial charge in [0.05, 0.1) is 31.2 Å². The van der Waals surface area contributed by atoms with Gasteiger partial charge in [0.25, 0.3) is 0 Å². The summed E-state index contributed by atoms with van der Waals surface area (Å²) in [5.41, 5.74) is 2.04. The summed E-state index contributed by atoms with van der Waals surface area (Å²) >= 11 is 0. The van der Waals surface area contributed by atoms with Gasteiger partial charge in [0.2, 0.25) is 0 Å². The molecule has 0 aliphatic rings. The van der Waals surface area contributed by atoms with Crippen LogP contribution in [0, 0.1) is 0 Å². The van der Waals surface area contributed by atoms with Crippen LogP contribution in [0.3, 0.4) is 0 Å². The number of hydrogen-bond donors (Lipinski definition) is 0. The molecule has 0 spiro atoms. The van der Waals surface area contributed by atoms with Gasteiger partial charge < -0.3 is 4.90 Å². The number of azo groups is 1. The van der Waals surface area contributed by atoms with Gasteiger partial charge >= 0.3 is 0 Å². The molecule has 0 fully saturated rings. The highest BCUT2D eigenvalue weighted by molar-refractivity contribution is 5.38. The molecule has 0 N–H and O–H groups in total. The van der Waals surface area contributed by atoms with Crippen LogP contribution in [0.25, 0.3) is 0 Å². The van der Waals surface area contributed by atoms with Crippen molar-refractivity contribution in [1.82, 2.24) is 19.9 Å². The summed E-state index contributed by atoms with van der Waals surface area (Å²) in [6.45, 7) is 2.56. The zero-order chi connectivity index (χ0) is 14.9. The number of unbranched alkanes of at least 4 members (excludes halogenated alkanes) is 1. The number of benzene rings is 1. The van der Waals surface area contributed by atoms with Crippen LogP contribution in [-0.4, -0.2) is 47.1 Å². The highest BCUT2D eigenvalue weighted by atomic mass is 15.5. The lowest BCUT2D eigenvalue weighted by Crippen LogP contribution is -2.12. The molecular weight excluding hydrogens is 264 g/mol. The van der Waals surface area contributed by atoms with Crippen LogP contribution in [0.15, 0.2) is 46.9 Å². The number of aromatic nitrogens is 3. The molecule has 1 aromatic heterocycles. The molecule has 21 heavy (non-hydrogen) atoms. The third kappa shape index (κ3) is 5.83. The van der Waals surface area contributed by atoms with Crippen molar-refractivity contribution < 1.29 is 0 Å². The fraction of sp³-hybridized carbons (Fsp3) is 0.467. The first-order valence-electron chi connectivity index (χ1n) is 7.19. The molecule has 2 rings (SSSR count). The topological polar surface area (TPSA) is 58.7 Å². The Morgan fingerprint density at radius 3 is 2.43 bits per heavy atom. The third-order valence-corrected chi connectivity index (χ3v) is 3.03. The molecule has 0 atom stereocenters.